The SMILES string of the molecule is Cn1c(CCC(=O)NC(C)(C)CN2CCCCCC2)nc2ccccc21. The molecule has 3 rings (SSSR count). The maximum absolute atomic E-state index is 12.5. The molecule has 0 radical (unpaired) electrons. The van der Waals surface area contributed by atoms with Gasteiger partial charge in [0.15, 0.2) is 0 Å². The minimum atomic E-state index is -0.201. The topological polar surface area (TPSA) is 50.2 Å². The van der Waals surface area contributed by atoms with Gasteiger partial charge in [0.2, 0.25) is 5.91 Å². The van der Waals surface area contributed by atoms with Gasteiger partial charge in [-0.2, -0.15) is 0 Å². The van der Waals surface area contributed by atoms with E-state index in [2.05, 4.69) is 39.7 Å². The molecule has 2 heterocycles. The van der Waals surface area contributed by atoms with E-state index in [1.165, 1.54) is 25.7 Å². The molecule has 1 N–H and O–H groups in total. The third kappa shape index (κ3) is 4.85. The third-order valence-electron chi connectivity index (χ3n) is 5.25. The molecule has 5 nitrogen and oxygen atoms in total. The lowest BCUT2D eigenvalue weighted by Gasteiger charge is -2.33. The van der Waals surface area contributed by atoms with E-state index in [0.717, 1.165) is 36.5 Å². The van der Waals surface area contributed by atoms with E-state index in [9.17, 15) is 4.79 Å². The number of fused-ring (bicyclic) bond motifs is 1. The number of benzene rings is 1. The minimum absolute atomic E-state index is 0.108. The van der Waals surface area contributed by atoms with Crippen molar-refractivity contribution in [1.82, 2.24) is 19.8 Å². The van der Waals surface area contributed by atoms with Crippen LogP contribution in [0.2, 0.25) is 0 Å². The van der Waals surface area contributed by atoms with Gasteiger partial charge in [-0.15, -0.1) is 0 Å². The zero-order valence-corrected chi connectivity index (χ0v) is 16.4. The molecule has 0 bridgehead atoms. The Morgan fingerprint density at radius 3 is 2.54 bits per heavy atom. The number of nitrogens with one attached hydrogen (secondary N) is 1. The maximum Gasteiger partial charge on any atom is 0.220 e. The van der Waals surface area contributed by atoms with Gasteiger partial charge in [0, 0.05) is 32.0 Å². The van der Waals surface area contributed by atoms with Crippen molar-refractivity contribution in [3.05, 3.63) is 30.1 Å². The number of imidazole rings is 1. The van der Waals surface area contributed by atoms with Crippen LogP contribution >= 0.6 is 0 Å². The fraction of sp³-hybridized carbons (Fsp3) is 0.619. The molecule has 0 aliphatic carbocycles. The van der Waals surface area contributed by atoms with Gasteiger partial charge < -0.3 is 14.8 Å². The molecule has 0 spiro atoms. The largest absolute Gasteiger partial charge is 0.350 e. The molecule has 1 aliphatic heterocycles. The summed E-state index contributed by atoms with van der Waals surface area (Å²) in [5, 5.41) is 3.23. The Kier molecular flexibility index (Phi) is 5.97. The zero-order valence-electron chi connectivity index (χ0n) is 16.4. The fourth-order valence-electron chi connectivity index (χ4n) is 3.98. The Bertz CT molecular complexity index is 742. The number of hydrogen-bond donors (Lipinski definition) is 1. The second-order valence-electron chi connectivity index (χ2n) is 8.20. The molecule has 0 unspecified atom stereocenters. The molecule has 26 heavy (non-hydrogen) atoms. The average molecular weight is 357 g/mol. The van der Waals surface area contributed by atoms with E-state index in [4.69, 9.17) is 0 Å². The lowest BCUT2D eigenvalue weighted by molar-refractivity contribution is -0.122. The molecule has 1 saturated heterocycles. The summed E-state index contributed by atoms with van der Waals surface area (Å²) in [6.45, 7) is 7.49. The van der Waals surface area contributed by atoms with Gasteiger partial charge in [0.1, 0.15) is 5.82 Å². The minimum Gasteiger partial charge on any atom is -0.350 e. The number of nitrogens with zero attached hydrogens (tertiary/aromatic N) is 3. The highest BCUT2D eigenvalue weighted by Crippen LogP contribution is 2.16. The molecular formula is C21H32N4O. The number of rotatable bonds is 6. The highest BCUT2D eigenvalue weighted by Gasteiger charge is 2.24. The molecule has 1 aromatic carbocycles. The van der Waals surface area contributed by atoms with Crippen LogP contribution in [0.1, 0.15) is 51.8 Å². The van der Waals surface area contributed by atoms with Crippen molar-refractivity contribution in [3.8, 4) is 0 Å². The number of amides is 1. The van der Waals surface area contributed by atoms with E-state index in [1.54, 1.807) is 0 Å². The summed E-state index contributed by atoms with van der Waals surface area (Å²) in [6.07, 6.45) is 6.35. The summed E-state index contributed by atoms with van der Waals surface area (Å²) in [5.74, 6) is 1.07. The molecule has 142 valence electrons. The van der Waals surface area contributed by atoms with E-state index < -0.39 is 0 Å². The van der Waals surface area contributed by atoms with Crippen LogP contribution in [0.25, 0.3) is 11.0 Å². The van der Waals surface area contributed by atoms with E-state index in [-0.39, 0.29) is 11.4 Å². The van der Waals surface area contributed by atoms with Crippen molar-refractivity contribution in [1.29, 1.82) is 0 Å². The van der Waals surface area contributed by atoms with Gasteiger partial charge in [0.25, 0.3) is 0 Å². The molecule has 0 saturated carbocycles. The predicted molar refractivity (Wildman–Crippen MR) is 106 cm³/mol. The van der Waals surface area contributed by atoms with Gasteiger partial charge in [-0.1, -0.05) is 25.0 Å². The van der Waals surface area contributed by atoms with E-state index >= 15 is 0 Å². The molecule has 1 fully saturated rings. The van der Waals surface area contributed by atoms with Crippen LogP contribution in [0.5, 0.6) is 0 Å². The molecule has 1 amide bonds. The molecule has 0 atom stereocenters. The first kappa shape index (κ1) is 18.9. The Morgan fingerprint density at radius 1 is 1.15 bits per heavy atom. The Morgan fingerprint density at radius 2 is 1.85 bits per heavy atom. The lowest BCUT2D eigenvalue weighted by atomic mass is 10.0. The normalized spacial score (nSPS) is 16.6. The van der Waals surface area contributed by atoms with Crippen molar-refractivity contribution in [2.24, 2.45) is 7.05 Å². The number of hydrogen-bond acceptors (Lipinski definition) is 3. The van der Waals surface area contributed by atoms with Gasteiger partial charge in [-0.3, -0.25) is 4.79 Å². The van der Waals surface area contributed by atoms with Crippen LogP contribution in [-0.2, 0) is 18.3 Å². The summed E-state index contributed by atoms with van der Waals surface area (Å²) in [4.78, 5) is 19.7. The van der Waals surface area contributed by atoms with Crippen LogP contribution in [0.15, 0.2) is 24.3 Å². The molecule has 5 heteroatoms. The third-order valence-corrected chi connectivity index (χ3v) is 5.25. The lowest BCUT2D eigenvalue weighted by Crippen LogP contribution is -2.51. The van der Waals surface area contributed by atoms with Gasteiger partial charge in [-0.05, 0) is 51.9 Å². The predicted octanol–water partition coefficient (Wildman–Crippen LogP) is 3.28. The number of aryl methyl sites for hydroxylation is 2. The maximum atomic E-state index is 12.5. The van der Waals surface area contributed by atoms with Gasteiger partial charge in [-0.25, -0.2) is 4.98 Å². The highest BCUT2D eigenvalue weighted by atomic mass is 16.1. The number of aromatic nitrogens is 2. The Balaban J connectivity index is 1.53. The number of para-hydroxylation sites is 2. The van der Waals surface area contributed by atoms with Crippen molar-refractivity contribution in [3.63, 3.8) is 0 Å². The first-order chi connectivity index (χ1) is 12.4. The number of likely N-dealkylation sites (tertiary alicyclic amines) is 1. The van der Waals surface area contributed by atoms with Gasteiger partial charge >= 0.3 is 0 Å². The van der Waals surface area contributed by atoms with Crippen LogP contribution < -0.4 is 5.32 Å². The monoisotopic (exact) mass is 356 g/mol. The Labute approximate surface area is 156 Å². The van der Waals surface area contributed by atoms with Crippen LogP contribution in [0.4, 0.5) is 0 Å². The quantitative estimate of drug-likeness (QED) is 0.864. The smallest absolute Gasteiger partial charge is 0.220 e. The van der Waals surface area contributed by atoms with Crippen molar-refractivity contribution < 1.29 is 4.79 Å². The first-order valence-electron chi connectivity index (χ1n) is 9.88. The first-order valence-corrected chi connectivity index (χ1v) is 9.88. The summed E-state index contributed by atoms with van der Waals surface area (Å²) in [6, 6.07) is 8.10. The highest BCUT2D eigenvalue weighted by molar-refractivity contribution is 5.78. The second-order valence-corrected chi connectivity index (χ2v) is 8.20. The van der Waals surface area contributed by atoms with Crippen molar-refractivity contribution in [2.75, 3.05) is 19.6 Å². The number of carbonyl (C=O) groups is 1. The van der Waals surface area contributed by atoms with Gasteiger partial charge in [0.05, 0.1) is 11.0 Å². The average Bonchev–Trinajstić information content (AvgIpc) is 2.74. The Hall–Kier alpha value is -1.88. The molecule has 1 aromatic heterocycles. The van der Waals surface area contributed by atoms with E-state index in [1.807, 2.05) is 25.2 Å². The van der Waals surface area contributed by atoms with Crippen molar-refractivity contribution in [2.45, 2.75) is 57.9 Å². The summed E-state index contributed by atoms with van der Waals surface area (Å²) in [7, 11) is 2.02. The zero-order chi connectivity index (χ0) is 18.6. The van der Waals surface area contributed by atoms with Crippen LogP contribution in [-0.4, -0.2) is 45.5 Å². The van der Waals surface area contributed by atoms with Crippen LogP contribution in [0.3, 0.4) is 0 Å². The summed E-state index contributed by atoms with van der Waals surface area (Å²) in [5.41, 5.74) is 1.91. The van der Waals surface area contributed by atoms with E-state index in [0.29, 0.717) is 12.8 Å². The van der Waals surface area contributed by atoms with Crippen molar-refractivity contribution >= 4 is 16.9 Å². The fourth-order valence-corrected chi connectivity index (χ4v) is 3.98. The summed E-state index contributed by atoms with van der Waals surface area (Å²) < 4.78 is 2.09. The number of carbonyl (C=O) groups excluding carboxylic acids is 1. The molecular weight excluding hydrogens is 324 g/mol. The van der Waals surface area contributed by atoms with Crippen LogP contribution in [0, 0.1) is 0 Å². The standard InChI is InChI=1S/C21H32N4O/c1-21(2,16-25-14-8-4-5-9-15-25)23-20(26)13-12-19-22-17-10-6-7-11-18(17)24(19)3/h6-7,10-11H,4-5,8-9,12-16H2,1-3H3,(H,23,26). The second kappa shape index (κ2) is 8.21. The summed E-state index contributed by atoms with van der Waals surface area (Å²) >= 11 is 0. The molecule has 1 aliphatic rings. The molecule has 2 aromatic rings.